The molecule has 0 saturated carbocycles. The van der Waals surface area contributed by atoms with Gasteiger partial charge in [-0.2, -0.15) is 0 Å². The molecule has 0 fully saturated rings. The largest absolute Gasteiger partial charge is 0.496 e. The normalized spacial score (nSPS) is 12.5. The number of hydrogen-bond acceptors (Lipinski definition) is 5. The van der Waals surface area contributed by atoms with Gasteiger partial charge in [0.1, 0.15) is 17.2 Å². The van der Waals surface area contributed by atoms with Gasteiger partial charge in [-0.15, -0.1) is 0 Å². The number of carbonyl (C=O) groups excluding carboxylic acids is 1. The van der Waals surface area contributed by atoms with E-state index in [-0.39, 0.29) is 0 Å². The second kappa shape index (κ2) is 5.98. The standard InChI is InChI=1S/C19H17N3O3/c1-24-18-10-16-13(9-14(18)19(20)23)17(5-7-22-16)25-12-2-3-15-11(8-12)4-6-21-15/h2-3,5,7-10,21H,4,6H2,1H3,(H2,20,23). The third-order valence-electron chi connectivity index (χ3n) is 4.30. The Morgan fingerprint density at radius 1 is 1.20 bits per heavy atom. The minimum absolute atomic E-state index is 0.297. The van der Waals surface area contributed by atoms with Crippen LogP contribution in [0.1, 0.15) is 15.9 Å². The van der Waals surface area contributed by atoms with Gasteiger partial charge < -0.3 is 20.5 Å². The lowest BCUT2D eigenvalue weighted by atomic mass is 10.1. The number of nitrogens with two attached hydrogens (primary N) is 1. The first kappa shape index (κ1) is 15.3. The number of hydrogen-bond donors (Lipinski definition) is 2. The fraction of sp³-hybridized carbons (Fsp3) is 0.158. The van der Waals surface area contributed by atoms with Gasteiger partial charge in [0.25, 0.3) is 5.91 Å². The molecule has 2 heterocycles. The zero-order valence-electron chi connectivity index (χ0n) is 13.7. The molecular formula is C19H17N3O3. The molecule has 0 radical (unpaired) electrons. The van der Waals surface area contributed by atoms with Crippen molar-refractivity contribution in [2.75, 3.05) is 19.0 Å². The Labute approximate surface area is 144 Å². The van der Waals surface area contributed by atoms with Crippen molar-refractivity contribution >= 4 is 22.5 Å². The van der Waals surface area contributed by atoms with Crippen molar-refractivity contribution in [3.05, 3.63) is 53.7 Å². The summed E-state index contributed by atoms with van der Waals surface area (Å²) in [5.74, 6) is 1.19. The highest BCUT2D eigenvalue weighted by Crippen LogP contribution is 2.34. The van der Waals surface area contributed by atoms with Gasteiger partial charge in [-0.05, 0) is 42.3 Å². The van der Waals surface area contributed by atoms with E-state index in [1.165, 1.54) is 12.7 Å². The van der Waals surface area contributed by atoms with E-state index in [0.717, 1.165) is 24.4 Å². The van der Waals surface area contributed by atoms with Crippen LogP contribution in [0.5, 0.6) is 17.2 Å². The average molecular weight is 335 g/mol. The fourth-order valence-corrected chi connectivity index (χ4v) is 3.07. The molecule has 6 nitrogen and oxygen atoms in total. The Bertz CT molecular complexity index is 985. The Kier molecular flexibility index (Phi) is 3.65. The van der Waals surface area contributed by atoms with Crippen LogP contribution in [0.2, 0.25) is 0 Å². The maximum Gasteiger partial charge on any atom is 0.252 e. The van der Waals surface area contributed by atoms with E-state index in [9.17, 15) is 4.79 Å². The quantitative estimate of drug-likeness (QED) is 0.765. The summed E-state index contributed by atoms with van der Waals surface area (Å²) in [5, 5.41) is 4.03. The van der Waals surface area contributed by atoms with Crippen LogP contribution in [-0.2, 0) is 6.42 Å². The zero-order valence-corrected chi connectivity index (χ0v) is 13.7. The molecule has 4 rings (SSSR count). The van der Waals surface area contributed by atoms with E-state index in [2.05, 4.69) is 10.3 Å². The van der Waals surface area contributed by atoms with Crippen molar-refractivity contribution in [1.82, 2.24) is 4.98 Å². The van der Waals surface area contributed by atoms with Gasteiger partial charge in [0.2, 0.25) is 0 Å². The summed E-state index contributed by atoms with van der Waals surface area (Å²) < 4.78 is 11.3. The lowest BCUT2D eigenvalue weighted by Gasteiger charge is -2.12. The van der Waals surface area contributed by atoms with Gasteiger partial charge in [0.05, 0.1) is 18.2 Å². The van der Waals surface area contributed by atoms with E-state index >= 15 is 0 Å². The molecule has 2 aromatic carbocycles. The van der Waals surface area contributed by atoms with Crippen molar-refractivity contribution < 1.29 is 14.3 Å². The van der Waals surface area contributed by atoms with E-state index < -0.39 is 5.91 Å². The molecule has 0 saturated heterocycles. The van der Waals surface area contributed by atoms with Gasteiger partial charge in [-0.25, -0.2) is 0 Å². The van der Waals surface area contributed by atoms with Gasteiger partial charge in [0.15, 0.2) is 0 Å². The van der Waals surface area contributed by atoms with Gasteiger partial charge in [-0.1, -0.05) is 0 Å². The number of benzene rings is 2. The average Bonchev–Trinajstić information content (AvgIpc) is 3.08. The van der Waals surface area contributed by atoms with Crippen LogP contribution >= 0.6 is 0 Å². The fourth-order valence-electron chi connectivity index (χ4n) is 3.07. The molecule has 0 atom stereocenters. The summed E-state index contributed by atoms with van der Waals surface area (Å²) in [6, 6.07) is 11.1. The Morgan fingerprint density at radius 2 is 2.08 bits per heavy atom. The van der Waals surface area contributed by atoms with Crippen molar-refractivity contribution in [2.24, 2.45) is 5.73 Å². The number of nitrogens with zero attached hydrogens (tertiary/aromatic N) is 1. The van der Waals surface area contributed by atoms with E-state index in [4.69, 9.17) is 15.2 Å². The van der Waals surface area contributed by atoms with Crippen LogP contribution < -0.4 is 20.5 Å². The number of aromatic nitrogens is 1. The van der Waals surface area contributed by atoms with Crippen molar-refractivity contribution in [1.29, 1.82) is 0 Å². The third-order valence-corrected chi connectivity index (χ3v) is 4.30. The second-order valence-electron chi connectivity index (χ2n) is 5.84. The smallest absolute Gasteiger partial charge is 0.252 e. The molecule has 3 N–H and O–H groups in total. The number of amides is 1. The predicted molar refractivity (Wildman–Crippen MR) is 95.5 cm³/mol. The lowest BCUT2D eigenvalue weighted by molar-refractivity contribution is 0.0997. The van der Waals surface area contributed by atoms with Gasteiger partial charge in [-0.3, -0.25) is 9.78 Å². The molecule has 0 aliphatic carbocycles. The van der Waals surface area contributed by atoms with E-state index in [1.807, 2.05) is 18.2 Å². The number of carbonyl (C=O) groups is 1. The Morgan fingerprint density at radius 3 is 2.88 bits per heavy atom. The first-order valence-corrected chi connectivity index (χ1v) is 7.97. The number of pyridine rings is 1. The minimum Gasteiger partial charge on any atom is -0.496 e. The van der Waals surface area contributed by atoms with Crippen LogP contribution in [0.15, 0.2) is 42.6 Å². The Hall–Kier alpha value is -3.28. The highest BCUT2D eigenvalue weighted by molar-refractivity contribution is 6.01. The number of anilines is 1. The van der Waals surface area contributed by atoms with Crippen molar-refractivity contribution in [3.8, 4) is 17.2 Å². The maximum absolute atomic E-state index is 11.7. The molecule has 0 spiro atoms. The molecule has 1 amide bonds. The van der Waals surface area contributed by atoms with E-state index in [1.54, 1.807) is 24.4 Å². The molecule has 126 valence electrons. The third kappa shape index (κ3) is 2.71. The molecule has 1 aliphatic heterocycles. The summed E-state index contributed by atoms with van der Waals surface area (Å²) in [7, 11) is 1.49. The predicted octanol–water partition coefficient (Wildman–Crippen LogP) is 3.10. The summed E-state index contributed by atoms with van der Waals surface area (Å²) in [6.07, 6.45) is 2.64. The summed E-state index contributed by atoms with van der Waals surface area (Å²) >= 11 is 0. The summed E-state index contributed by atoms with van der Waals surface area (Å²) in [4.78, 5) is 16.0. The van der Waals surface area contributed by atoms with Crippen LogP contribution in [-0.4, -0.2) is 24.5 Å². The molecular weight excluding hydrogens is 318 g/mol. The number of primary amides is 1. The highest BCUT2D eigenvalue weighted by Gasteiger charge is 2.15. The number of methoxy groups -OCH3 is 1. The zero-order chi connectivity index (χ0) is 17.4. The Balaban J connectivity index is 1.79. The summed E-state index contributed by atoms with van der Waals surface area (Å²) in [6.45, 7) is 0.943. The molecule has 1 aliphatic rings. The van der Waals surface area contributed by atoms with Crippen LogP contribution in [0, 0.1) is 0 Å². The molecule has 6 heteroatoms. The SMILES string of the molecule is COc1cc2nccc(Oc3ccc4c(c3)CCN4)c2cc1C(N)=O. The number of fused-ring (bicyclic) bond motifs is 2. The molecule has 0 bridgehead atoms. The molecule has 1 aromatic heterocycles. The lowest BCUT2D eigenvalue weighted by Crippen LogP contribution is -2.12. The van der Waals surface area contributed by atoms with Crippen molar-refractivity contribution in [3.63, 3.8) is 0 Å². The van der Waals surface area contributed by atoms with Crippen LogP contribution in [0.4, 0.5) is 5.69 Å². The van der Waals surface area contributed by atoms with Crippen molar-refractivity contribution in [2.45, 2.75) is 6.42 Å². The number of rotatable bonds is 4. The number of nitrogens with one attached hydrogen (secondary N) is 1. The van der Waals surface area contributed by atoms with E-state index in [0.29, 0.717) is 28.0 Å². The molecule has 25 heavy (non-hydrogen) atoms. The number of ether oxygens (including phenoxy) is 2. The molecule has 3 aromatic rings. The summed E-state index contributed by atoms with van der Waals surface area (Å²) in [5.41, 5.74) is 8.80. The second-order valence-corrected chi connectivity index (χ2v) is 5.84. The van der Waals surface area contributed by atoms with Crippen LogP contribution in [0.3, 0.4) is 0 Å². The maximum atomic E-state index is 11.7. The van der Waals surface area contributed by atoms with Gasteiger partial charge in [0, 0.05) is 29.9 Å². The van der Waals surface area contributed by atoms with Crippen LogP contribution in [0.25, 0.3) is 10.9 Å². The monoisotopic (exact) mass is 335 g/mol. The first-order chi connectivity index (χ1) is 12.2. The first-order valence-electron chi connectivity index (χ1n) is 7.97. The highest BCUT2D eigenvalue weighted by atomic mass is 16.5. The minimum atomic E-state index is -0.558. The topological polar surface area (TPSA) is 86.5 Å². The van der Waals surface area contributed by atoms with Gasteiger partial charge >= 0.3 is 0 Å². The molecule has 0 unspecified atom stereocenters.